The van der Waals surface area contributed by atoms with E-state index in [4.69, 9.17) is 65.2 Å². The lowest BCUT2D eigenvalue weighted by Crippen LogP contribution is -2.55. The van der Waals surface area contributed by atoms with Crippen LogP contribution in [0.2, 0.25) is 5.02 Å². The molecule has 0 spiro atoms. The van der Waals surface area contributed by atoms with Crippen LogP contribution in [0.4, 0.5) is 17.5 Å². The molecule has 0 N–H and O–H groups in total. The molecule has 3 aromatic heterocycles. The molecule has 9 aliphatic rings. The fourth-order valence-electron chi connectivity index (χ4n) is 21.2. The van der Waals surface area contributed by atoms with Gasteiger partial charge in [-0.1, -0.05) is 134 Å². The Balaban J connectivity index is 0.587. The van der Waals surface area contributed by atoms with Crippen molar-refractivity contribution in [1.29, 1.82) is 15.8 Å². The van der Waals surface area contributed by atoms with Crippen molar-refractivity contribution in [2.24, 2.45) is 0 Å². The number of hydrogen-bond donors (Lipinski definition) is 0. The highest BCUT2D eigenvalue weighted by Gasteiger charge is 2.43. The van der Waals surface area contributed by atoms with E-state index in [-0.39, 0.29) is 110 Å². The monoisotopic (exact) mass is 1700 g/mol. The van der Waals surface area contributed by atoms with Gasteiger partial charge in [0.25, 0.3) is 0 Å². The van der Waals surface area contributed by atoms with Crippen molar-refractivity contribution in [3.63, 3.8) is 0 Å². The van der Waals surface area contributed by atoms with E-state index in [1.54, 1.807) is 14.7 Å². The summed E-state index contributed by atoms with van der Waals surface area (Å²) in [5.74, 6) is 1.80. The molecule has 6 fully saturated rings. The molecular weight excluding hydrogens is 1590 g/mol. The Kier molecular flexibility index (Phi) is 24.5. The minimum atomic E-state index is -0.458. The molecule has 0 bridgehead atoms. The van der Waals surface area contributed by atoms with Gasteiger partial charge in [0, 0.05) is 149 Å². The van der Waals surface area contributed by atoms with Gasteiger partial charge in [-0.25, -0.2) is 0 Å². The number of carbonyl (C=O) groups excluding carboxylic acids is 3. The van der Waals surface area contributed by atoms with Gasteiger partial charge in [-0.05, 0) is 151 Å². The summed E-state index contributed by atoms with van der Waals surface area (Å²) >= 11 is 7.46. The average Bonchev–Trinajstić information content (AvgIpc) is 1.61. The van der Waals surface area contributed by atoms with Crippen LogP contribution in [0.25, 0.3) is 32.3 Å². The summed E-state index contributed by atoms with van der Waals surface area (Å²) in [6, 6.07) is 45.7. The number of ether oxygens (including phenoxy) is 5. The number of nitrogens with zero attached hydrogens (tertiary/aromatic N) is 19. The second-order valence-electron chi connectivity index (χ2n) is 35.0. The Morgan fingerprint density at radius 3 is 1.39 bits per heavy atom. The lowest BCUT2D eigenvalue weighted by atomic mass is 9.88. The Morgan fingerprint density at radius 2 is 0.880 bits per heavy atom. The lowest BCUT2D eigenvalue weighted by molar-refractivity contribution is -0.129. The molecular formula is C97H106ClN19O8. The van der Waals surface area contributed by atoms with Crippen LogP contribution in [0.15, 0.2) is 147 Å². The number of fused-ring (bicyclic) bond motifs is 6. The molecule has 28 heteroatoms. The van der Waals surface area contributed by atoms with E-state index >= 15 is 0 Å². The van der Waals surface area contributed by atoms with E-state index in [0.717, 1.165) is 118 Å². The molecule has 0 saturated carbocycles. The maximum absolute atomic E-state index is 13.3. The topological polar surface area (TPSA) is 278 Å². The smallest absolute Gasteiger partial charge is 0.318 e. The highest BCUT2D eigenvalue weighted by atomic mass is 35.5. The molecule has 0 radical (unpaired) electrons. The fourth-order valence-corrected chi connectivity index (χ4v) is 21.5. The summed E-state index contributed by atoms with van der Waals surface area (Å²) in [5, 5.41) is 37.3. The third-order valence-corrected chi connectivity index (χ3v) is 28.2. The normalized spacial score (nSPS) is 24.3. The molecule has 11 atom stereocenters. The number of anilines is 3. The van der Waals surface area contributed by atoms with Gasteiger partial charge in [0.2, 0.25) is 17.7 Å². The molecule has 6 aromatic carbocycles. The molecule has 11 unspecified atom stereocenters. The number of rotatable bonds is 23. The minimum Gasteiger partial charge on any atom is -0.462 e. The zero-order chi connectivity index (χ0) is 86.3. The van der Waals surface area contributed by atoms with Crippen molar-refractivity contribution in [2.75, 3.05) is 141 Å². The quantitative estimate of drug-likeness (QED) is 0.0538. The zero-order valence-corrected chi connectivity index (χ0v) is 72.3. The maximum atomic E-state index is 13.3. The fraction of sp³-hybridized carbons (Fsp3) is 0.443. The van der Waals surface area contributed by atoms with Gasteiger partial charge >= 0.3 is 18.0 Å². The number of carbonyl (C=O) groups is 3. The van der Waals surface area contributed by atoms with Gasteiger partial charge in [0.05, 0.1) is 98.1 Å². The third kappa shape index (κ3) is 16.8. The number of amides is 3. The van der Waals surface area contributed by atoms with E-state index in [1.807, 2.05) is 6.07 Å². The molecule has 0 aliphatic carbocycles. The number of likely N-dealkylation sites (N-methyl/N-ethyl adjacent to an activating group) is 4. The van der Waals surface area contributed by atoms with Gasteiger partial charge in [0.15, 0.2) is 0 Å². The number of benzene rings is 6. The van der Waals surface area contributed by atoms with E-state index in [9.17, 15) is 30.2 Å². The first kappa shape index (κ1) is 84.1. The number of hydrogen-bond acceptors (Lipinski definition) is 24. The number of aromatic nitrogens is 6. The van der Waals surface area contributed by atoms with Crippen LogP contribution < -0.4 is 28.9 Å². The van der Waals surface area contributed by atoms with Gasteiger partial charge in [-0.3, -0.25) is 29.1 Å². The van der Waals surface area contributed by atoms with Crippen molar-refractivity contribution >= 4 is 79.1 Å². The summed E-state index contributed by atoms with van der Waals surface area (Å²) in [5.41, 5.74) is 11.0. The predicted molar refractivity (Wildman–Crippen MR) is 477 cm³/mol. The molecule has 9 aromatic rings. The SMILES string of the molecule is C=CC(=O)N1CCN(c2nc(OCC3CCCN3C)nc3c2COC(c2cccc4c(C5CC(COc6nc7c(c(N8CCN(C(=O)C=C)C(CC#N)C8)n6)COC(c6cccc8c(C9CC(COc%10nc%11c(c(N%12CCN(C(=O)C=C)C(CC#N)C%12)n%10)CN(C)C(c%10cccc%12ccccc%10%12)C%11)N(C)C9)ccc(Cl)c68)C7)N(C)C5)cccc24)C3)CC1CC#N. The average molecular weight is 1700 g/mol. The van der Waals surface area contributed by atoms with Crippen molar-refractivity contribution in [1.82, 2.24) is 64.2 Å². The molecule has 644 valence electrons. The summed E-state index contributed by atoms with van der Waals surface area (Å²) in [4.78, 5) is 92.0. The van der Waals surface area contributed by atoms with Crippen molar-refractivity contribution in [2.45, 2.75) is 150 Å². The molecule has 9 aliphatic heterocycles. The van der Waals surface area contributed by atoms with Gasteiger partial charge < -0.3 is 58.0 Å². The maximum Gasteiger partial charge on any atom is 0.318 e. The van der Waals surface area contributed by atoms with Crippen LogP contribution in [0, 0.1) is 34.0 Å². The largest absolute Gasteiger partial charge is 0.462 e. The number of halogens is 1. The van der Waals surface area contributed by atoms with Crippen LogP contribution in [0.3, 0.4) is 0 Å². The second-order valence-corrected chi connectivity index (χ2v) is 35.4. The second kappa shape index (κ2) is 36.5. The predicted octanol–water partition coefficient (Wildman–Crippen LogP) is 12.1. The molecule has 6 saturated heterocycles. The minimum absolute atomic E-state index is 0.00352. The molecule has 3 amide bonds. The Hall–Kier alpha value is -11.7. The van der Waals surface area contributed by atoms with E-state index in [1.165, 1.54) is 45.7 Å². The van der Waals surface area contributed by atoms with Crippen LogP contribution >= 0.6 is 11.6 Å². The van der Waals surface area contributed by atoms with Crippen molar-refractivity contribution < 1.29 is 38.1 Å². The summed E-state index contributed by atoms with van der Waals surface area (Å²) in [6.45, 7) is 19.9. The Morgan fingerprint density at radius 1 is 0.448 bits per heavy atom. The first-order chi connectivity index (χ1) is 60.9. The van der Waals surface area contributed by atoms with Crippen molar-refractivity contribution in [3.8, 4) is 36.2 Å². The Bertz CT molecular complexity index is 5810. The standard InChI is InChI=1S/C97H106ClN19O8/c1-8-88(118)115-41-38-112(51-63(115)31-34-99)92-78-54-111(7)85(74-25-13-19-60-18-11-12-21-69(60)74)46-82(78)102-95(105-92)124-57-68-45-62(50-110(68)6)71-29-30-81(98)91-76(71)27-16-28-77(91)87-48-84-80(59-122-87)94(114-40-43-117(90(120)10-3)65(53-114)33-36-101)107-97(104-84)125-56-67-44-61(49-109(67)5)70-22-14-24-73-72(70)23-15-26-75(73)86-47-83-79(58-121-86)93(106-96(103-83)123-55-66-20-17-37-108(66)4)113-39-42-116(89(119)9-2)64(52-113)32-35-100/h8-16,18-19,21-30,61-68,85-87H,1-3,17,20,31-33,37-59H2,4-7H3. The van der Waals surface area contributed by atoms with Crippen LogP contribution in [0.1, 0.15) is 137 Å². The Labute approximate surface area is 734 Å². The van der Waals surface area contributed by atoms with Crippen LogP contribution in [-0.4, -0.2) is 245 Å². The van der Waals surface area contributed by atoms with E-state index in [2.05, 4.69) is 204 Å². The van der Waals surface area contributed by atoms with Crippen LogP contribution in [-0.2, 0) is 62.9 Å². The van der Waals surface area contributed by atoms with E-state index < -0.39 is 12.1 Å². The zero-order valence-electron chi connectivity index (χ0n) is 71.5. The summed E-state index contributed by atoms with van der Waals surface area (Å²) < 4.78 is 34.2. The van der Waals surface area contributed by atoms with E-state index in [0.29, 0.717) is 133 Å². The molecule has 18 rings (SSSR count). The summed E-state index contributed by atoms with van der Waals surface area (Å²) in [6.07, 6.45) is 8.89. The number of likely N-dealkylation sites (tertiary alicyclic amines) is 3. The first-order valence-electron chi connectivity index (χ1n) is 43.9. The highest BCUT2D eigenvalue weighted by Crippen LogP contribution is 2.47. The number of nitriles is 3. The van der Waals surface area contributed by atoms with Gasteiger partial charge in [-0.2, -0.15) is 45.7 Å². The lowest BCUT2D eigenvalue weighted by Gasteiger charge is -2.42. The molecule has 12 heterocycles. The van der Waals surface area contributed by atoms with Gasteiger partial charge in [0.1, 0.15) is 37.3 Å². The van der Waals surface area contributed by atoms with Crippen LogP contribution in [0.5, 0.6) is 18.0 Å². The summed E-state index contributed by atoms with van der Waals surface area (Å²) in [7, 11) is 8.59. The first-order valence-corrected chi connectivity index (χ1v) is 44.3. The van der Waals surface area contributed by atoms with Crippen molar-refractivity contribution in [3.05, 3.63) is 214 Å². The molecule has 125 heavy (non-hydrogen) atoms. The molecule has 27 nitrogen and oxygen atoms in total. The van der Waals surface area contributed by atoms with Gasteiger partial charge in [-0.15, -0.1) is 0 Å². The number of piperazine rings is 3. The third-order valence-electron chi connectivity index (χ3n) is 27.9. The highest BCUT2D eigenvalue weighted by molar-refractivity contribution is 6.36.